The highest BCUT2D eigenvalue weighted by atomic mass is 16.5. The SMILES string of the molecule is CCOC(=O)[C@@]1(Cc2ccc(Oc3ccc(OC)cc3)cc2)C[C@@H]1C(=O)NO.CN(C)[C@H]1CCN(C(=O)[C@@]2(Cc3ccc(OCc4cc(-c5ccccc5)nc5ccccc45)cc3)C[C@@H]2C(=O)NO)C1.O=C(NO)[C@H]1C[C@]1(Cc1ccc(OCc2ccccc2)cc1)C(=O)NCCc1ccccc1. The molecule has 103 heavy (non-hydrogen) atoms. The Hall–Kier alpha value is -11.0. The first-order chi connectivity index (χ1) is 50.0. The molecule has 3 saturated carbocycles. The number of methoxy groups -OCH3 is 1. The van der Waals surface area contributed by atoms with Gasteiger partial charge in [0.1, 0.15) is 42.0 Å². The topological polar surface area (TPSA) is 277 Å². The zero-order valence-electron chi connectivity index (χ0n) is 58.2. The highest BCUT2D eigenvalue weighted by Gasteiger charge is 2.66. The largest absolute Gasteiger partial charge is 0.497 e. The number of pyridine rings is 1. The molecule has 0 radical (unpaired) electrons. The van der Waals surface area contributed by atoms with Gasteiger partial charge in [0.25, 0.3) is 0 Å². The number of likely N-dealkylation sites (N-methyl/N-ethyl adjacent to an activating group) is 1. The fraction of sp³-hybridized carbons (Fsp3) is 0.305. The van der Waals surface area contributed by atoms with E-state index < -0.39 is 57.7 Å². The second-order valence-corrected chi connectivity index (χ2v) is 26.9. The van der Waals surface area contributed by atoms with E-state index >= 15 is 0 Å². The van der Waals surface area contributed by atoms with Crippen molar-refractivity contribution in [1.82, 2.24) is 36.5 Å². The van der Waals surface area contributed by atoms with Gasteiger partial charge in [-0.1, -0.05) is 146 Å². The van der Waals surface area contributed by atoms with Gasteiger partial charge in [0.2, 0.25) is 29.5 Å². The molecule has 0 spiro atoms. The monoisotopic (exact) mass is 1390 g/mol. The van der Waals surface area contributed by atoms with Crippen LogP contribution in [0.3, 0.4) is 0 Å². The Morgan fingerprint density at radius 2 is 1.00 bits per heavy atom. The van der Waals surface area contributed by atoms with Gasteiger partial charge in [-0.05, 0) is 173 Å². The number of hydrogen-bond donors (Lipinski definition) is 7. The molecule has 1 aliphatic heterocycles. The van der Waals surface area contributed by atoms with Gasteiger partial charge in [0.15, 0.2) is 0 Å². The Kier molecular flexibility index (Phi) is 23.9. The fourth-order valence-corrected chi connectivity index (χ4v) is 13.8. The summed E-state index contributed by atoms with van der Waals surface area (Å²) in [4.78, 5) is 84.4. The lowest BCUT2D eigenvalue weighted by atomic mass is 9.92. The van der Waals surface area contributed by atoms with Crippen molar-refractivity contribution >= 4 is 46.4 Å². The van der Waals surface area contributed by atoms with Gasteiger partial charge in [0.05, 0.1) is 58.9 Å². The maximum atomic E-state index is 13.7. The minimum absolute atomic E-state index is 0.000406. The van der Waals surface area contributed by atoms with Crippen LogP contribution in [0.4, 0.5) is 0 Å². The van der Waals surface area contributed by atoms with Crippen LogP contribution in [0.5, 0.6) is 28.7 Å². The first-order valence-corrected chi connectivity index (χ1v) is 34.6. The lowest BCUT2D eigenvalue weighted by Gasteiger charge is -2.25. The summed E-state index contributed by atoms with van der Waals surface area (Å²) in [6.07, 6.45) is 4.02. The first kappa shape index (κ1) is 73.3. The lowest BCUT2D eigenvalue weighted by molar-refractivity contribution is -0.152. The number of benzene rings is 8. The molecule has 4 aliphatic rings. The molecule has 21 heteroatoms. The minimum atomic E-state index is -0.929. The fourth-order valence-electron chi connectivity index (χ4n) is 13.8. The number of para-hydroxylation sites is 1. The van der Waals surface area contributed by atoms with E-state index in [2.05, 4.69) is 34.5 Å². The third-order valence-electron chi connectivity index (χ3n) is 19.9. The van der Waals surface area contributed by atoms with Crippen LogP contribution >= 0.6 is 0 Å². The number of nitrogens with one attached hydrogen (secondary N) is 4. The zero-order valence-corrected chi connectivity index (χ0v) is 58.2. The molecule has 7 atom stereocenters. The molecule has 1 aromatic heterocycles. The molecule has 8 aromatic carbocycles. The number of carbonyl (C=O) groups is 6. The molecule has 4 fully saturated rings. The van der Waals surface area contributed by atoms with Gasteiger partial charge in [-0.3, -0.25) is 44.4 Å². The Bertz CT molecular complexity index is 4360. The van der Waals surface area contributed by atoms with Gasteiger partial charge in [-0.15, -0.1) is 0 Å². The third-order valence-corrected chi connectivity index (χ3v) is 19.9. The van der Waals surface area contributed by atoms with Crippen molar-refractivity contribution in [3.8, 4) is 40.0 Å². The van der Waals surface area contributed by atoms with Gasteiger partial charge in [0, 0.05) is 42.2 Å². The van der Waals surface area contributed by atoms with Gasteiger partial charge in [-0.2, -0.15) is 0 Å². The Labute approximate surface area is 599 Å². The summed E-state index contributed by atoms with van der Waals surface area (Å²) in [5, 5.41) is 31.3. The molecule has 13 rings (SSSR count). The normalized spacial score (nSPS) is 20.3. The van der Waals surface area contributed by atoms with Crippen LogP contribution in [-0.2, 0) is 72.4 Å². The molecular weight excluding hydrogens is 1310 g/mol. The summed E-state index contributed by atoms with van der Waals surface area (Å²) in [5.41, 5.74) is 11.4. The number of likely N-dealkylation sites (tertiary alicyclic amines) is 1. The first-order valence-electron chi connectivity index (χ1n) is 34.6. The standard InChI is InChI=1S/C34H36N4O4.C27H28N2O4.C21H23NO6/c1-37(2)26-16-17-38(21-26)33(40)34(20-29(34)32(39)36-41)19-23-12-14-27(15-13-23)42-22-25-18-31(24-8-4-3-5-9-24)35-30-11-7-6-10-28(25)30;30-25(29-32)24-18-27(24,26(31)28-16-15-20-7-3-1-4-8-20)17-21-11-13-23(14-12-21)33-19-22-9-5-2-6-10-22;1-3-27-20(24)21(13-18(21)19(23)22-25)12-14-4-6-16(7-5-14)28-17-10-8-15(26-2)9-11-17/h3-15,18,26,29,41H,16-17,19-22H2,1-2H3,(H,36,39);1-14,24,32H,15-19H2,(H,28,31)(H,29,30);4-11,18,25H,3,12-13H2,1-2H3,(H,22,23)/t26-,29+,34-;24-,27+;18-,21+/m011/s1. The molecule has 0 unspecified atom stereocenters. The molecule has 2 heterocycles. The highest BCUT2D eigenvalue weighted by Crippen LogP contribution is 2.58. The molecule has 9 aromatic rings. The smallest absolute Gasteiger partial charge is 0.313 e. The summed E-state index contributed by atoms with van der Waals surface area (Å²) in [6, 6.07) is 70.3. The maximum absolute atomic E-state index is 13.7. The molecule has 1 saturated heterocycles. The van der Waals surface area contributed by atoms with E-state index in [1.54, 1.807) is 30.5 Å². The van der Waals surface area contributed by atoms with E-state index in [0.29, 0.717) is 95.3 Å². The van der Waals surface area contributed by atoms with Crippen LogP contribution in [0.15, 0.2) is 218 Å². The molecule has 7 N–H and O–H groups in total. The van der Waals surface area contributed by atoms with Crippen LogP contribution in [0.2, 0.25) is 0 Å². The maximum Gasteiger partial charge on any atom is 0.313 e. The average Bonchev–Trinajstić information content (AvgIpc) is 1.58. The number of amides is 5. The van der Waals surface area contributed by atoms with Gasteiger partial charge >= 0.3 is 5.97 Å². The van der Waals surface area contributed by atoms with E-state index in [4.69, 9.17) is 39.1 Å². The number of carbonyl (C=O) groups excluding carboxylic acids is 6. The third kappa shape index (κ3) is 18.0. The van der Waals surface area contributed by atoms with Crippen LogP contribution in [0, 0.1) is 34.0 Å². The Morgan fingerprint density at radius 3 is 1.55 bits per heavy atom. The average molecular weight is 1390 g/mol. The molecule has 21 nitrogen and oxygen atoms in total. The van der Waals surface area contributed by atoms with Crippen molar-refractivity contribution in [2.24, 2.45) is 34.0 Å². The number of hydrogen-bond acceptors (Lipinski definition) is 16. The number of aromatic nitrogens is 1. The van der Waals surface area contributed by atoms with Crippen molar-refractivity contribution in [2.45, 2.75) is 77.5 Å². The summed E-state index contributed by atoms with van der Waals surface area (Å²) < 4.78 is 28.1. The molecule has 3 aliphatic carbocycles. The number of nitrogens with zero attached hydrogens (tertiary/aromatic N) is 3. The van der Waals surface area contributed by atoms with Gasteiger partial charge in [-0.25, -0.2) is 21.4 Å². The number of esters is 1. The Morgan fingerprint density at radius 1 is 0.534 bits per heavy atom. The summed E-state index contributed by atoms with van der Waals surface area (Å²) in [7, 11) is 5.65. The van der Waals surface area contributed by atoms with Crippen LogP contribution in [0.1, 0.15) is 66.0 Å². The van der Waals surface area contributed by atoms with Gasteiger partial charge < -0.3 is 38.8 Å². The molecule has 5 amide bonds. The number of rotatable bonds is 27. The van der Waals surface area contributed by atoms with Crippen molar-refractivity contribution in [1.29, 1.82) is 0 Å². The van der Waals surface area contributed by atoms with Crippen molar-refractivity contribution in [2.75, 3.05) is 47.4 Å². The number of fused-ring (bicyclic) bond motifs is 1. The van der Waals surface area contributed by atoms with Crippen LogP contribution < -0.4 is 40.7 Å². The predicted molar refractivity (Wildman–Crippen MR) is 386 cm³/mol. The summed E-state index contributed by atoms with van der Waals surface area (Å²) >= 11 is 0. The highest BCUT2D eigenvalue weighted by molar-refractivity contribution is 5.97. The van der Waals surface area contributed by atoms with E-state index in [1.807, 2.05) is 213 Å². The van der Waals surface area contributed by atoms with Crippen molar-refractivity contribution in [3.63, 3.8) is 0 Å². The summed E-state index contributed by atoms with van der Waals surface area (Å²) in [6.45, 7) is 4.65. The number of hydroxylamine groups is 3. The second kappa shape index (κ2) is 33.7. The van der Waals surface area contributed by atoms with Crippen LogP contribution in [-0.4, -0.2) is 119 Å². The molecule has 0 bridgehead atoms. The Balaban J connectivity index is 0.000000159. The quantitative estimate of drug-likeness (QED) is 0.0143. The second-order valence-electron chi connectivity index (χ2n) is 26.9. The molecule has 534 valence electrons. The van der Waals surface area contributed by atoms with Crippen molar-refractivity contribution in [3.05, 3.63) is 252 Å². The predicted octanol–water partition coefficient (Wildman–Crippen LogP) is 11.5. The summed E-state index contributed by atoms with van der Waals surface area (Å²) in [5.74, 6) is -0.286. The number of ether oxygens (including phenoxy) is 5. The van der Waals surface area contributed by atoms with E-state index in [0.717, 1.165) is 79.2 Å². The van der Waals surface area contributed by atoms with E-state index in [9.17, 15) is 34.0 Å². The van der Waals surface area contributed by atoms with Crippen molar-refractivity contribution < 1.29 is 68.1 Å². The minimum Gasteiger partial charge on any atom is -0.497 e. The van der Waals surface area contributed by atoms with E-state index in [1.165, 1.54) is 0 Å². The lowest BCUT2D eigenvalue weighted by Crippen LogP contribution is -2.41. The van der Waals surface area contributed by atoms with Crippen LogP contribution in [0.25, 0.3) is 22.2 Å². The zero-order chi connectivity index (χ0) is 72.5. The van der Waals surface area contributed by atoms with E-state index in [-0.39, 0.29) is 18.4 Å². The molecular formula is C82H87N7O14.